The average Bonchev–Trinajstić information content (AvgIpc) is 2.18. The molecule has 1 rings (SSSR count). The van der Waals surface area contributed by atoms with Crippen LogP contribution in [0.4, 0.5) is 4.39 Å². The number of hydrogen-bond donors (Lipinski definition) is 1. The third-order valence-electron chi connectivity index (χ3n) is 1.77. The Morgan fingerprint density at radius 1 is 1.29 bits per heavy atom. The van der Waals surface area contributed by atoms with Crippen molar-refractivity contribution in [1.82, 2.24) is 5.32 Å². The number of nitrogens with one attached hydrogen (secondary N) is 1. The maximum Gasteiger partial charge on any atom is 0.227 e. The number of ketones is 1. The predicted molar refractivity (Wildman–Crippen MR) is 49.4 cm³/mol. The lowest BCUT2D eigenvalue weighted by Gasteiger charge is -1.99. The summed E-state index contributed by atoms with van der Waals surface area (Å²) in [6, 6.07) is 5.11. The van der Waals surface area contributed by atoms with Gasteiger partial charge < -0.3 is 5.32 Å². The smallest absolute Gasteiger partial charge is 0.227 e. The molecule has 0 spiro atoms. The van der Waals surface area contributed by atoms with Crippen LogP contribution in [0.1, 0.15) is 16.8 Å². The molecule has 0 aliphatic rings. The van der Waals surface area contributed by atoms with Crippen LogP contribution < -0.4 is 5.32 Å². The maximum atomic E-state index is 12.5. The Morgan fingerprint density at radius 3 is 2.36 bits per heavy atom. The number of halogens is 1. The van der Waals surface area contributed by atoms with E-state index in [0.717, 1.165) is 0 Å². The van der Waals surface area contributed by atoms with Gasteiger partial charge in [0.15, 0.2) is 5.78 Å². The SMILES string of the molecule is CNC(=O)CC(=O)c1ccc(F)cc1. The van der Waals surface area contributed by atoms with Crippen LogP contribution in [0.5, 0.6) is 0 Å². The highest BCUT2D eigenvalue weighted by molar-refractivity contribution is 6.07. The predicted octanol–water partition coefficient (Wildman–Crippen LogP) is 1.14. The molecular weight excluding hydrogens is 185 g/mol. The quantitative estimate of drug-likeness (QED) is 0.580. The fraction of sp³-hybridized carbons (Fsp3) is 0.200. The Balaban J connectivity index is 2.70. The second-order valence-electron chi connectivity index (χ2n) is 2.78. The molecule has 0 saturated carbocycles. The average molecular weight is 195 g/mol. The summed E-state index contributed by atoms with van der Waals surface area (Å²) in [4.78, 5) is 22.2. The minimum atomic E-state index is -0.401. The van der Waals surface area contributed by atoms with Gasteiger partial charge in [0, 0.05) is 12.6 Å². The summed E-state index contributed by atoms with van der Waals surface area (Å²) in [5.41, 5.74) is 0.343. The van der Waals surface area contributed by atoms with Crippen LogP contribution in [0.25, 0.3) is 0 Å². The zero-order valence-electron chi connectivity index (χ0n) is 7.71. The Kier molecular flexibility index (Phi) is 3.34. The van der Waals surface area contributed by atoms with Crippen LogP contribution in [-0.4, -0.2) is 18.7 Å². The molecule has 0 fully saturated rings. The van der Waals surface area contributed by atoms with E-state index >= 15 is 0 Å². The Morgan fingerprint density at radius 2 is 1.86 bits per heavy atom. The van der Waals surface area contributed by atoms with Gasteiger partial charge in [0.2, 0.25) is 5.91 Å². The lowest BCUT2D eigenvalue weighted by atomic mass is 10.1. The van der Waals surface area contributed by atoms with E-state index in [1.54, 1.807) is 0 Å². The van der Waals surface area contributed by atoms with Crippen LogP contribution >= 0.6 is 0 Å². The topological polar surface area (TPSA) is 46.2 Å². The number of carbonyl (C=O) groups is 2. The van der Waals surface area contributed by atoms with E-state index in [1.165, 1.54) is 31.3 Å². The van der Waals surface area contributed by atoms with Crippen molar-refractivity contribution in [3.63, 3.8) is 0 Å². The first-order chi connectivity index (χ1) is 6.63. The molecule has 0 aliphatic heterocycles. The van der Waals surface area contributed by atoms with Gasteiger partial charge in [0.25, 0.3) is 0 Å². The van der Waals surface area contributed by atoms with Crippen molar-refractivity contribution >= 4 is 11.7 Å². The van der Waals surface area contributed by atoms with Gasteiger partial charge in [0.05, 0.1) is 6.42 Å². The molecule has 0 aromatic heterocycles. The van der Waals surface area contributed by atoms with E-state index in [-0.39, 0.29) is 18.1 Å². The van der Waals surface area contributed by atoms with Crippen LogP contribution in [0.15, 0.2) is 24.3 Å². The second kappa shape index (κ2) is 4.50. The molecule has 0 aliphatic carbocycles. The second-order valence-corrected chi connectivity index (χ2v) is 2.78. The number of rotatable bonds is 3. The molecule has 74 valence electrons. The highest BCUT2D eigenvalue weighted by Gasteiger charge is 2.09. The van der Waals surface area contributed by atoms with E-state index in [1.807, 2.05) is 0 Å². The summed E-state index contributed by atoms with van der Waals surface area (Å²) in [5.74, 6) is -1.06. The fourth-order valence-corrected chi connectivity index (χ4v) is 0.972. The summed E-state index contributed by atoms with van der Waals surface area (Å²) in [6.45, 7) is 0. The van der Waals surface area contributed by atoms with Gasteiger partial charge in [-0.25, -0.2) is 4.39 Å². The molecule has 1 aromatic carbocycles. The van der Waals surface area contributed by atoms with Gasteiger partial charge in [-0.1, -0.05) is 0 Å². The molecule has 1 N–H and O–H groups in total. The summed E-state index contributed by atoms with van der Waals surface area (Å²) >= 11 is 0. The summed E-state index contributed by atoms with van der Waals surface area (Å²) < 4.78 is 12.5. The monoisotopic (exact) mass is 195 g/mol. The largest absolute Gasteiger partial charge is 0.359 e. The molecule has 0 atom stereocenters. The zero-order valence-corrected chi connectivity index (χ0v) is 7.71. The van der Waals surface area contributed by atoms with E-state index in [4.69, 9.17) is 0 Å². The first-order valence-electron chi connectivity index (χ1n) is 4.13. The minimum absolute atomic E-state index is 0.206. The lowest BCUT2D eigenvalue weighted by molar-refractivity contribution is -0.119. The summed E-state index contributed by atoms with van der Waals surface area (Å²) in [6.07, 6.45) is -0.206. The van der Waals surface area contributed by atoms with Crippen molar-refractivity contribution in [2.24, 2.45) is 0 Å². The van der Waals surface area contributed by atoms with E-state index < -0.39 is 5.82 Å². The van der Waals surface area contributed by atoms with Crippen LogP contribution in [-0.2, 0) is 4.79 Å². The maximum absolute atomic E-state index is 12.5. The Bertz CT molecular complexity index is 346. The van der Waals surface area contributed by atoms with Crippen molar-refractivity contribution in [3.8, 4) is 0 Å². The van der Waals surface area contributed by atoms with Gasteiger partial charge in [-0.3, -0.25) is 9.59 Å². The normalized spacial score (nSPS) is 9.57. The number of Topliss-reactive ketones (excluding diaryl/α,β-unsaturated/α-hetero) is 1. The number of benzene rings is 1. The summed E-state index contributed by atoms with van der Waals surface area (Å²) in [7, 11) is 1.46. The molecule has 0 unspecified atom stereocenters. The van der Waals surface area contributed by atoms with Crippen molar-refractivity contribution in [2.75, 3.05) is 7.05 Å². The van der Waals surface area contributed by atoms with E-state index in [0.29, 0.717) is 5.56 Å². The summed E-state index contributed by atoms with van der Waals surface area (Å²) in [5, 5.41) is 2.34. The van der Waals surface area contributed by atoms with Crippen LogP contribution in [0.2, 0.25) is 0 Å². The zero-order chi connectivity index (χ0) is 10.6. The van der Waals surface area contributed by atoms with Crippen LogP contribution in [0, 0.1) is 5.82 Å². The van der Waals surface area contributed by atoms with Gasteiger partial charge in [-0.2, -0.15) is 0 Å². The Hall–Kier alpha value is -1.71. The Labute approximate surface area is 80.9 Å². The molecule has 0 saturated heterocycles. The molecule has 1 amide bonds. The number of hydrogen-bond acceptors (Lipinski definition) is 2. The van der Waals surface area contributed by atoms with Gasteiger partial charge in [-0.05, 0) is 24.3 Å². The first kappa shape index (κ1) is 10.4. The van der Waals surface area contributed by atoms with Gasteiger partial charge in [-0.15, -0.1) is 0 Å². The molecule has 0 heterocycles. The van der Waals surface area contributed by atoms with Crippen molar-refractivity contribution in [1.29, 1.82) is 0 Å². The minimum Gasteiger partial charge on any atom is -0.359 e. The number of amides is 1. The van der Waals surface area contributed by atoms with Gasteiger partial charge >= 0.3 is 0 Å². The number of carbonyl (C=O) groups excluding carboxylic acids is 2. The molecule has 14 heavy (non-hydrogen) atoms. The van der Waals surface area contributed by atoms with Crippen molar-refractivity contribution in [3.05, 3.63) is 35.6 Å². The van der Waals surface area contributed by atoms with E-state index in [2.05, 4.69) is 5.32 Å². The standard InChI is InChI=1S/C10H10FNO2/c1-12-10(14)6-9(13)7-2-4-8(11)5-3-7/h2-5H,6H2,1H3,(H,12,14). The molecule has 3 nitrogen and oxygen atoms in total. The van der Waals surface area contributed by atoms with Crippen molar-refractivity contribution < 1.29 is 14.0 Å². The first-order valence-corrected chi connectivity index (χ1v) is 4.13. The fourth-order valence-electron chi connectivity index (χ4n) is 0.972. The van der Waals surface area contributed by atoms with E-state index in [9.17, 15) is 14.0 Å². The molecule has 0 radical (unpaired) electrons. The highest BCUT2D eigenvalue weighted by Crippen LogP contribution is 2.05. The van der Waals surface area contributed by atoms with Crippen molar-refractivity contribution in [2.45, 2.75) is 6.42 Å². The van der Waals surface area contributed by atoms with Gasteiger partial charge in [0.1, 0.15) is 5.82 Å². The third kappa shape index (κ3) is 2.65. The third-order valence-corrected chi connectivity index (χ3v) is 1.77. The molecular formula is C10H10FNO2. The lowest BCUT2D eigenvalue weighted by Crippen LogP contribution is -2.21. The molecule has 4 heteroatoms. The highest BCUT2D eigenvalue weighted by atomic mass is 19.1. The van der Waals surface area contributed by atoms with Crippen LogP contribution in [0.3, 0.4) is 0 Å². The molecule has 1 aromatic rings. The molecule has 0 bridgehead atoms.